The quantitative estimate of drug-likeness (QED) is 0.192. The summed E-state index contributed by atoms with van der Waals surface area (Å²) in [6.07, 6.45) is 30.7. The van der Waals surface area contributed by atoms with E-state index in [1.807, 2.05) is 0 Å². The molecule has 0 bridgehead atoms. The number of nitrogens with zero attached hydrogens (tertiary/aromatic N) is 2. The van der Waals surface area contributed by atoms with Gasteiger partial charge in [0, 0.05) is 25.5 Å². The predicted octanol–water partition coefficient (Wildman–Crippen LogP) is 8.48. The minimum absolute atomic E-state index is 0.638. The van der Waals surface area contributed by atoms with Crippen LogP contribution in [-0.2, 0) is 0 Å². The van der Waals surface area contributed by atoms with Crippen LogP contribution in [0.5, 0.6) is 0 Å². The summed E-state index contributed by atoms with van der Waals surface area (Å²) < 4.78 is 0. The van der Waals surface area contributed by atoms with Crippen molar-refractivity contribution in [1.82, 2.24) is 9.80 Å². The minimum atomic E-state index is 0.638. The van der Waals surface area contributed by atoms with E-state index in [0.29, 0.717) is 6.17 Å². The van der Waals surface area contributed by atoms with Gasteiger partial charge in [0.15, 0.2) is 0 Å². The molecule has 2 nitrogen and oxygen atoms in total. The monoisotopic (exact) mass is 392 g/mol. The summed E-state index contributed by atoms with van der Waals surface area (Å²) in [5.41, 5.74) is 0. The van der Waals surface area contributed by atoms with Gasteiger partial charge in [0.2, 0.25) is 0 Å². The van der Waals surface area contributed by atoms with Crippen molar-refractivity contribution < 1.29 is 0 Å². The van der Waals surface area contributed by atoms with Crippen molar-refractivity contribution in [1.29, 1.82) is 0 Å². The average Bonchev–Trinajstić information content (AvgIpc) is 3.08. The second kappa shape index (κ2) is 18.4. The zero-order valence-electron chi connectivity index (χ0n) is 19.8. The molecule has 0 aliphatic carbocycles. The molecule has 1 aliphatic heterocycles. The number of rotatable bonds is 20. The Balaban J connectivity index is 2.02. The van der Waals surface area contributed by atoms with Gasteiger partial charge in [0.05, 0.1) is 0 Å². The molecule has 0 spiro atoms. The number of unbranched alkanes of at least 4 members (excludes halogenated alkanes) is 14. The van der Waals surface area contributed by atoms with E-state index in [2.05, 4.69) is 43.0 Å². The lowest BCUT2D eigenvalue weighted by Gasteiger charge is -2.33. The summed E-state index contributed by atoms with van der Waals surface area (Å²) in [6.45, 7) is 9.43. The Morgan fingerprint density at radius 1 is 0.464 bits per heavy atom. The molecule has 0 saturated carbocycles. The highest BCUT2D eigenvalue weighted by atomic mass is 15.4. The molecule has 1 heterocycles. The van der Waals surface area contributed by atoms with Crippen molar-refractivity contribution in [2.45, 2.75) is 143 Å². The van der Waals surface area contributed by atoms with E-state index in [9.17, 15) is 0 Å². The highest BCUT2D eigenvalue weighted by molar-refractivity contribution is 4.96. The van der Waals surface area contributed by atoms with E-state index in [1.165, 1.54) is 129 Å². The molecule has 166 valence electrons. The van der Waals surface area contributed by atoms with Crippen LogP contribution in [0.3, 0.4) is 0 Å². The second-order valence-electron chi connectivity index (χ2n) is 8.99. The van der Waals surface area contributed by atoms with E-state index in [4.69, 9.17) is 0 Å². The van der Waals surface area contributed by atoms with Gasteiger partial charge in [-0.2, -0.15) is 0 Å². The topological polar surface area (TPSA) is 6.48 Å². The molecule has 0 radical (unpaired) electrons. The number of hydrogen-bond acceptors (Lipinski definition) is 2. The lowest BCUT2D eigenvalue weighted by molar-refractivity contribution is 0.138. The molecule has 0 aromatic heterocycles. The maximum Gasteiger partial charge on any atom is 0.101 e. The van der Waals surface area contributed by atoms with Crippen LogP contribution in [0.25, 0.3) is 0 Å². The molecule has 28 heavy (non-hydrogen) atoms. The Morgan fingerprint density at radius 2 is 0.821 bits per heavy atom. The largest absolute Gasteiger partial charge is 0.356 e. The summed E-state index contributed by atoms with van der Waals surface area (Å²) >= 11 is 0. The van der Waals surface area contributed by atoms with Gasteiger partial charge in [0.1, 0.15) is 6.17 Å². The molecular formula is C26H52N2. The van der Waals surface area contributed by atoms with Gasteiger partial charge < -0.3 is 9.80 Å². The molecule has 0 fully saturated rings. The molecule has 1 aliphatic rings. The van der Waals surface area contributed by atoms with Crippen LogP contribution in [0.4, 0.5) is 0 Å². The molecule has 0 amide bonds. The molecule has 0 N–H and O–H groups in total. The van der Waals surface area contributed by atoms with Crippen molar-refractivity contribution in [2.75, 3.05) is 13.1 Å². The maximum atomic E-state index is 2.62. The fraction of sp³-hybridized carbons (Fsp3) is 0.923. The van der Waals surface area contributed by atoms with Crippen molar-refractivity contribution in [3.05, 3.63) is 12.4 Å². The molecule has 0 aromatic carbocycles. The summed E-state index contributed by atoms with van der Waals surface area (Å²) in [5.74, 6) is 0. The third-order valence-corrected chi connectivity index (χ3v) is 6.30. The first-order valence-corrected chi connectivity index (χ1v) is 13.0. The first kappa shape index (κ1) is 25.4. The smallest absolute Gasteiger partial charge is 0.101 e. The van der Waals surface area contributed by atoms with Crippen LogP contribution >= 0.6 is 0 Å². The zero-order valence-corrected chi connectivity index (χ0v) is 19.8. The van der Waals surface area contributed by atoms with E-state index in [0.717, 1.165) is 0 Å². The Hall–Kier alpha value is -0.660. The van der Waals surface area contributed by atoms with Crippen LogP contribution in [0.15, 0.2) is 12.4 Å². The van der Waals surface area contributed by atoms with E-state index in [1.54, 1.807) is 0 Å². The fourth-order valence-electron chi connectivity index (χ4n) is 4.45. The lowest BCUT2D eigenvalue weighted by Crippen LogP contribution is -2.39. The molecule has 2 heteroatoms. The maximum absolute atomic E-state index is 2.62. The van der Waals surface area contributed by atoms with E-state index < -0.39 is 0 Å². The van der Waals surface area contributed by atoms with Crippen molar-refractivity contribution in [2.24, 2.45) is 0 Å². The predicted molar refractivity (Wildman–Crippen MR) is 126 cm³/mol. The van der Waals surface area contributed by atoms with Gasteiger partial charge in [0.25, 0.3) is 0 Å². The van der Waals surface area contributed by atoms with Crippen LogP contribution in [0, 0.1) is 0 Å². The Bertz CT molecular complexity index is 352. The third-order valence-electron chi connectivity index (χ3n) is 6.30. The second-order valence-corrected chi connectivity index (χ2v) is 8.99. The molecule has 0 aromatic rings. The molecular weight excluding hydrogens is 340 g/mol. The summed E-state index contributed by atoms with van der Waals surface area (Å²) in [6, 6.07) is 0. The molecule has 1 unspecified atom stereocenters. The minimum Gasteiger partial charge on any atom is -0.356 e. The van der Waals surface area contributed by atoms with Gasteiger partial charge in [-0.15, -0.1) is 0 Å². The molecule has 1 atom stereocenters. The number of hydrogen-bond donors (Lipinski definition) is 0. The van der Waals surface area contributed by atoms with Crippen molar-refractivity contribution >= 4 is 0 Å². The molecule has 1 rings (SSSR count). The summed E-state index contributed by atoms with van der Waals surface area (Å²) in [4.78, 5) is 5.24. The first-order valence-electron chi connectivity index (χ1n) is 13.0. The van der Waals surface area contributed by atoms with Gasteiger partial charge >= 0.3 is 0 Å². The van der Waals surface area contributed by atoms with Gasteiger partial charge in [-0.05, 0) is 19.3 Å². The van der Waals surface area contributed by atoms with Crippen LogP contribution in [0.2, 0.25) is 0 Å². The zero-order chi connectivity index (χ0) is 20.3. The van der Waals surface area contributed by atoms with Gasteiger partial charge in [-0.1, -0.05) is 117 Å². The van der Waals surface area contributed by atoms with E-state index >= 15 is 0 Å². The van der Waals surface area contributed by atoms with Crippen LogP contribution in [-0.4, -0.2) is 29.1 Å². The highest BCUT2D eigenvalue weighted by Gasteiger charge is 2.24. The van der Waals surface area contributed by atoms with Crippen LogP contribution < -0.4 is 0 Å². The van der Waals surface area contributed by atoms with Crippen molar-refractivity contribution in [3.8, 4) is 0 Å². The highest BCUT2D eigenvalue weighted by Crippen LogP contribution is 2.22. The van der Waals surface area contributed by atoms with Gasteiger partial charge in [-0.3, -0.25) is 0 Å². The molecule has 0 saturated heterocycles. The van der Waals surface area contributed by atoms with E-state index in [-0.39, 0.29) is 0 Å². The SMILES string of the molecule is CCCCCCCCCCCCCCN1C=CN(CCCCCC)C1CCC. The summed E-state index contributed by atoms with van der Waals surface area (Å²) in [5, 5.41) is 0. The lowest BCUT2D eigenvalue weighted by atomic mass is 10.1. The van der Waals surface area contributed by atoms with Crippen LogP contribution in [0.1, 0.15) is 136 Å². The summed E-state index contributed by atoms with van der Waals surface area (Å²) in [7, 11) is 0. The normalized spacial score (nSPS) is 16.5. The van der Waals surface area contributed by atoms with Crippen molar-refractivity contribution in [3.63, 3.8) is 0 Å². The Kier molecular flexibility index (Phi) is 16.7. The Morgan fingerprint density at radius 3 is 1.21 bits per heavy atom. The first-order chi connectivity index (χ1) is 13.8. The van der Waals surface area contributed by atoms with Gasteiger partial charge in [-0.25, -0.2) is 0 Å². The average molecular weight is 393 g/mol. The Labute approximate surface area is 178 Å². The fourth-order valence-corrected chi connectivity index (χ4v) is 4.45. The standard InChI is InChI=1S/C26H52N2/c1-4-7-9-11-12-13-14-15-16-17-18-20-23-28-25-24-27(26(28)21-6-3)22-19-10-8-5-2/h24-26H,4-23H2,1-3H3. The third kappa shape index (κ3) is 12.0.